The topological polar surface area (TPSA) is 117 Å². The maximum Gasteiger partial charge on any atom is 0.251 e. The van der Waals surface area contributed by atoms with Gasteiger partial charge in [0, 0.05) is 18.3 Å². The molecular weight excluding hydrogens is 569 g/mol. The summed E-state index contributed by atoms with van der Waals surface area (Å²) in [6, 6.07) is 21.9. The Kier molecular flexibility index (Phi) is 7.96. The Bertz CT molecular complexity index is 1830. The summed E-state index contributed by atoms with van der Waals surface area (Å²) < 4.78 is 37.1. The number of benzene rings is 4. The third kappa shape index (κ3) is 5.82. The number of nitrogens with one attached hydrogen (secondary N) is 1. The van der Waals surface area contributed by atoms with Crippen LogP contribution in [0.15, 0.2) is 84.9 Å². The molecule has 1 aliphatic rings. The van der Waals surface area contributed by atoms with E-state index in [1.54, 1.807) is 54.6 Å². The van der Waals surface area contributed by atoms with Crippen molar-refractivity contribution in [3.63, 3.8) is 0 Å². The first-order valence-electron chi connectivity index (χ1n) is 13.7. The van der Waals surface area contributed by atoms with Gasteiger partial charge < -0.3 is 29.2 Å². The first-order valence-corrected chi connectivity index (χ1v) is 13.7. The maximum atomic E-state index is 14.2. The van der Waals surface area contributed by atoms with E-state index in [1.807, 2.05) is 18.2 Å². The number of halogens is 1. The molecular formula is C32H28FN5O6. The molecule has 1 aliphatic heterocycles. The number of ether oxygens (including phenoxy) is 4. The molecule has 0 fully saturated rings. The van der Waals surface area contributed by atoms with Crippen molar-refractivity contribution >= 4 is 28.5 Å². The van der Waals surface area contributed by atoms with Crippen LogP contribution in [0.2, 0.25) is 0 Å². The van der Waals surface area contributed by atoms with Crippen molar-refractivity contribution in [3.05, 3.63) is 102 Å². The number of hydrogen-bond acceptors (Lipinski definition) is 8. The number of rotatable bonds is 10. The summed E-state index contributed by atoms with van der Waals surface area (Å²) in [4.78, 5) is 29.9. The van der Waals surface area contributed by atoms with E-state index in [-0.39, 0.29) is 19.9 Å². The summed E-state index contributed by atoms with van der Waals surface area (Å²) in [6.07, 6.45) is 0. The first-order chi connectivity index (χ1) is 21.4. The number of nitrogens with zero attached hydrogens (tertiary/aromatic N) is 4. The van der Waals surface area contributed by atoms with Crippen molar-refractivity contribution in [1.29, 1.82) is 0 Å². The Morgan fingerprint density at radius 3 is 2.52 bits per heavy atom. The van der Waals surface area contributed by atoms with Gasteiger partial charge in [-0.2, -0.15) is 0 Å². The molecule has 1 atom stereocenters. The minimum atomic E-state index is -1.16. The number of amides is 2. The lowest BCUT2D eigenvalue weighted by Gasteiger charge is -2.32. The predicted octanol–water partition coefficient (Wildman–Crippen LogP) is 4.73. The highest BCUT2D eigenvalue weighted by atomic mass is 19.1. The average molecular weight is 598 g/mol. The number of aromatic nitrogens is 3. The van der Waals surface area contributed by atoms with Gasteiger partial charge in [0.25, 0.3) is 5.91 Å². The lowest BCUT2D eigenvalue weighted by Crippen LogP contribution is -2.42. The van der Waals surface area contributed by atoms with Gasteiger partial charge in [-0.25, -0.2) is 9.07 Å². The van der Waals surface area contributed by atoms with E-state index < -0.39 is 23.7 Å². The van der Waals surface area contributed by atoms with Gasteiger partial charge in [-0.1, -0.05) is 35.5 Å². The maximum absolute atomic E-state index is 14.2. The molecule has 44 heavy (non-hydrogen) atoms. The van der Waals surface area contributed by atoms with E-state index in [2.05, 4.69) is 15.6 Å². The summed E-state index contributed by atoms with van der Waals surface area (Å²) >= 11 is 0. The van der Waals surface area contributed by atoms with Crippen molar-refractivity contribution in [3.8, 4) is 23.0 Å². The molecule has 0 bridgehead atoms. The van der Waals surface area contributed by atoms with Gasteiger partial charge in [0.1, 0.15) is 23.9 Å². The predicted molar refractivity (Wildman–Crippen MR) is 158 cm³/mol. The molecule has 1 aromatic heterocycles. The molecule has 5 aromatic rings. The zero-order valence-corrected chi connectivity index (χ0v) is 23.9. The van der Waals surface area contributed by atoms with Crippen molar-refractivity contribution in [2.45, 2.75) is 19.1 Å². The molecule has 0 aliphatic carbocycles. The smallest absolute Gasteiger partial charge is 0.251 e. The second kappa shape index (κ2) is 12.3. The Labute approximate surface area is 251 Å². The van der Waals surface area contributed by atoms with Crippen LogP contribution in [0.3, 0.4) is 0 Å². The first kappa shape index (κ1) is 28.5. The molecule has 0 saturated carbocycles. The molecule has 4 aromatic carbocycles. The largest absolute Gasteiger partial charge is 0.493 e. The van der Waals surface area contributed by atoms with Crippen LogP contribution >= 0.6 is 0 Å². The van der Waals surface area contributed by atoms with Crippen LogP contribution < -0.4 is 24.3 Å². The van der Waals surface area contributed by atoms with Crippen LogP contribution in [-0.4, -0.2) is 52.7 Å². The highest BCUT2D eigenvalue weighted by Gasteiger charge is 2.33. The number of hydrogen-bond donors (Lipinski definition) is 1. The normalized spacial score (nSPS) is 12.5. The van der Waals surface area contributed by atoms with E-state index >= 15 is 0 Å². The summed E-state index contributed by atoms with van der Waals surface area (Å²) in [5.41, 5.74) is 2.81. The van der Waals surface area contributed by atoms with Crippen LogP contribution in [0.5, 0.6) is 23.0 Å². The molecule has 0 radical (unpaired) electrons. The van der Waals surface area contributed by atoms with Gasteiger partial charge in [-0.3, -0.25) is 9.59 Å². The number of para-hydroxylation sites is 1. The molecule has 6 rings (SSSR count). The Morgan fingerprint density at radius 2 is 1.73 bits per heavy atom. The van der Waals surface area contributed by atoms with E-state index in [1.165, 1.54) is 35.9 Å². The van der Waals surface area contributed by atoms with Crippen LogP contribution in [0.25, 0.3) is 11.0 Å². The fourth-order valence-electron chi connectivity index (χ4n) is 5.04. The lowest BCUT2D eigenvalue weighted by atomic mass is 10.0. The minimum Gasteiger partial charge on any atom is -0.493 e. The van der Waals surface area contributed by atoms with Crippen LogP contribution in [-0.2, 0) is 22.7 Å². The van der Waals surface area contributed by atoms with Gasteiger partial charge in [0.15, 0.2) is 23.0 Å². The lowest BCUT2D eigenvalue weighted by molar-refractivity contribution is -0.140. The summed E-state index contributed by atoms with van der Waals surface area (Å²) in [5, 5.41) is 11.2. The number of fused-ring (bicyclic) bond motifs is 2. The molecule has 11 nitrogen and oxygen atoms in total. The minimum absolute atomic E-state index is 0.0146. The molecule has 224 valence electrons. The molecule has 2 heterocycles. The second-order valence-electron chi connectivity index (χ2n) is 9.96. The van der Waals surface area contributed by atoms with E-state index in [9.17, 15) is 14.0 Å². The van der Waals surface area contributed by atoms with Crippen LogP contribution in [0.4, 0.5) is 10.1 Å². The Hall–Kier alpha value is -5.65. The molecule has 1 unspecified atom stereocenters. The van der Waals surface area contributed by atoms with Gasteiger partial charge in [0.2, 0.25) is 12.7 Å². The molecule has 2 amide bonds. The number of anilines is 1. The molecule has 12 heteroatoms. The van der Waals surface area contributed by atoms with Gasteiger partial charge in [0.05, 0.1) is 19.7 Å². The monoisotopic (exact) mass is 597 g/mol. The standard InChI is InChI=1S/C32H28FN5O6/c1-41-26-13-9-21(15-28(26)42-2)31(32(40)34-23-12-14-27-29(16-23)44-19-43-27)37(17-20-7-10-22(33)11-8-20)30(39)18-38-25-6-4-3-5-24(25)35-36-38/h3-16,31H,17-19H2,1-2H3,(H,34,40). The molecule has 1 N–H and O–H groups in total. The van der Waals surface area contributed by atoms with Crippen molar-refractivity contribution < 1.29 is 32.9 Å². The number of methoxy groups -OCH3 is 2. The van der Waals surface area contributed by atoms with E-state index in [0.717, 1.165) is 0 Å². The number of carbonyl (C=O) groups excluding carboxylic acids is 2. The highest BCUT2D eigenvalue weighted by molar-refractivity contribution is 5.98. The fourth-order valence-corrected chi connectivity index (χ4v) is 5.04. The van der Waals surface area contributed by atoms with Gasteiger partial charge >= 0.3 is 0 Å². The van der Waals surface area contributed by atoms with Crippen LogP contribution in [0.1, 0.15) is 17.2 Å². The quantitative estimate of drug-likeness (QED) is 0.246. The second-order valence-corrected chi connectivity index (χ2v) is 9.96. The summed E-state index contributed by atoms with van der Waals surface area (Å²) in [7, 11) is 2.99. The molecule has 0 saturated heterocycles. The van der Waals surface area contributed by atoms with Gasteiger partial charge in [-0.05, 0) is 59.7 Å². The third-order valence-corrected chi connectivity index (χ3v) is 7.22. The summed E-state index contributed by atoms with van der Waals surface area (Å²) in [5.74, 6) is 0.535. The fraction of sp³-hybridized carbons (Fsp3) is 0.188. The van der Waals surface area contributed by atoms with E-state index in [0.29, 0.717) is 50.8 Å². The van der Waals surface area contributed by atoms with Gasteiger partial charge in [-0.15, -0.1) is 5.10 Å². The molecule has 0 spiro atoms. The Balaban J connectivity index is 1.42. The van der Waals surface area contributed by atoms with Crippen molar-refractivity contribution in [1.82, 2.24) is 19.9 Å². The number of carbonyl (C=O) groups is 2. The van der Waals surface area contributed by atoms with Crippen molar-refractivity contribution in [2.75, 3.05) is 26.3 Å². The third-order valence-electron chi connectivity index (χ3n) is 7.22. The highest BCUT2D eigenvalue weighted by Crippen LogP contribution is 2.36. The SMILES string of the molecule is COc1ccc(C(C(=O)Nc2ccc3c(c2)OCO3)N(Cc2ccc(F)cc2)C(=O)Cn2nnc3ccccc32)cc1OC. The summed E-state index contributed by atoms with van der Waals surface area (Å²) in [6.45, 7) is -0.139. The average Bonchev–Trinajstić information content (AvgIpc) is 3.68. The zero-order valence-electron chi connectivity index (χ0n) is 23.9. The Morgan fingerprint density at radius 1 is 0.955 bits per heavy atom. The van der Waals surface area contributed by atoms with Crippen molar-refractivity contribution in [2.24, 2.45) is 0 Å². The van der Waals surface area contributed by atoms with E-state index in [4.69, 9.17) is 18.9 Å². The van der Waals surface area contributed by atoms with Crippen LogP contribution in [0, 0.1) is 5.82 Å². The zero-order chi connectivity index (χ0) is 30.6.